The molecule has 1 aromatic carbocycles. The summed E-state index contributed by atoms with van der Waals surface area (Å²) in [5, 5.41) is 2.72. The molecular weight excluding hydrogens is 334 g/mol. The van der Waals surface area contributed by atoms with Crippen LogP contribution in [0.3, 0.4) is 0 Å². The molecule has 1 atom stereocenters. The summed E-state index contributed by atoms with van der Waals surface area (Å²) in [6.45, 7) is 4.23. The molecule has 1 fully saturated rings. The van der Waals surface area contributed by atoms with Crippen LogP contribution in [0.1, 0.15) is 25.8 Å². The van der Waals surface area contributed by atoms with Crippen molar-refractivity contribution in [1.29, 1.82) is 0 Å². The quantitative estimate of drug-likeness (QED) is 0.855. The van der Waals surface area contributed by atoms with Crippen LogP contribution in [0.25, 0.3) is 0 Å². The molecule has 3 heterocycles. The largest absolute Gasteiger partial charge is 0.493 e. The molecule has 2 aliphatic rings. The minimum Gasteiger partial charge on any atom is -0.493 e. The fourth-order valence-corrected chi connectivity index (χ4v) is 3.05. The molecule has 0 bridgehead atoms. The van der Waals surface area contributed by atoms with Crippen molar-refractivity contribution in [2.24, 2.45) is 0 Å². The van der Waals surface area contributed by atoms with Crippen molar-refractivity contribution in [1.82, 2.24) is 10.3 Å². The van der Waals surface area contributed by atoms with Crippen LogP contribution in [0.2, 0.25) is 0 Å². The van der Waals surface area contributed by atoms with Gasteiger partial charge >= 0.3 is 6.03 Å². The second kappa shape index (κ2) is 6.01. The summed E-state index contributed by atoms with van der Waals surface area (Å²) in [7, 11) is 0. The highest BCUT2D eigenvalue weighted by Gasteiger charge is 2.47. The average Bonchev–Trinajstić information content (AvgIpc) is 3.18. The van der Waals surface area contributed by atoms with Gasteiger partial charge in [0.2, 0.25) is 5.88 Å². The van der Waals surface area contributed by atoms with Gasteiger partial charge in [-0.2, -0.15) is 4.98 Å². The first-order chi connectivity index (χ1) is 12.5. The Bertz CT molecular complexity index is 898. The van der Waals surface area contributed by atoms with Crippen LogP contribution in [0.5, 0.6) is 17.4 Å². The van der Waals surface area contributed by atoms with Crippen LogP contribution in [-0.2, 0) is 11.2 Å². The predicted molar refractivity (Wildman–Crippen MR) is 94.7 cm³/mol. The van der Waals surface area contributed by atoms with Gasteiger partial charge in [0.15, 0.2) is 0 Å². The van der Waals surface area contributed by atoms with Crippen LogP contribution in [0.15, 0.2) is 36.4 Å². The van der Waals surface area contributed by atoms with E-state index in [-0.39, 0.29) is 11.7 Å². The van der Waals surface area contributed by atoms with Gasteiger partial charge in [-0.15, -0.1) is 0 Å². The smallest absolute Gasteiger partial charge is 0.330 e. The van der Waals surface area contributed by atoms with Crippen molar-refractivity contribution in [3.63, 3.8) is 0 Å². The first kappa shape index (κ1) is 16.4. The molecule has 26 heavy (non-hydrogen) atoms. The van der Waals surface area contributed by atoms with E-state index in [9.17, 15) is 9.59 Å². The number of carbonyl (C=O) groups is 2. The van der Waals surface area contributed by atoms with Crippen LogP contribution in [-0.4, -0.2) is 29.1 Å². The number of benzene rings is 1. The normalized spacial score (nSPS) is 21.4. The zero-order valence-electron chi connectivity index (χ0n) is 14.6. The van der Waals surface area contributed by atoms with E-state index in [0.29, 0.717) is 24.7 Å². The lowest BCUT2D eigenvalue weighted by atomic mass is 9.99. The number of carbonyl (C=O) groups excluding carboxylic acids is 2. The van der Waals surface area contributed by atoms with Gasteiger partial charge < -0.3 is 14.8 Å². The van der Waals surface area contributed by atoms with E-state index in [4.69, 9.17) is 9.47 Å². The number of nitrogens with one attached hydrogen (secondary N) is 1. The molecule has 0 aliphatic carbocycles. The number of rotatable bonds is 4. The third-order valence-electron chi connectivity index (χ3n) is 4.80. The molecule has 1 saturated heterocycles. The highest BCUT2D eigenvalue weighted by Crippen LogP contribution is 2.32. The molecule has 7 nitrogen and oxygen atoms in total. The van der Waals surface area contributed by atoms with Gasteiger partial charge in [-0.25, -0.2) is 9.69 Å². The van der Waals surface area contributed by atoms with Crippen LogP contribution in [0.4, 0.5) is 10.6 Å². The Morgan fingerprint density at radius 2 is 2.15 bits per heavy atom. The Hall–Kier alpha value is -3.09. The minimum atomic E-state index is -0.910. The SMILES string of the molecule is CC[C@@]1(C)NC(=O)N(c2cccc(Oc3ccc4c(c3)OCC4)n2)C1=O. The van der Waals surface area contributed by atoms with Gasteiger partial charge in [-0.1, -0.05) is 19.1 Å². The van der Waals surface area contributed by atoms with Gasteiger partial charge in [-0.05, 0) is 31.0 Å². The zero-order chi connectivity index (χ0) is 18.3. The Labute approximate surface area is 150 Å². The Kier molecular flexibility index (Phi) is 3.79. The van der Waals surface area contributed by atoms with E-state index in [0.717, 1.165) is 22.6 Å². The van der Waals surface area contributed by atoms with Gasteiger partial charge in [0.05, 0.1) is 6.61 Å². The number of ether oxygens (including phenoxy) is 2. The lowest BCUT2D eigenvalue weighted by Gasteiger charge is -2.19. The number of hydrogen-bond acceptors (Lipinski definition) is 5. The molecule has 0 saturated carbocycles. The molecule has 0 spiro atoms. The standard InChI is InChI=1S/C19H19N3O4/c1-3-19(2)17(23)22(18(24)21-19)15-5-4-6-16(20-15)26-13-8-7-12-9-10-25-14(12)11-13/h4-8,11H,3,9-10H2,1-2H3,(H,21,24)/t19-/m1/s1. The Morgan fingerprint density at radius 3 is 2.92 bits per heavy atom. The van der Waals surface area contributed by atoms with Crippen molar-refractivity contribution in [2.75, 3.05) is 11.5 Å². The summed E-state index contributed by atoms with van der Waals surface area (Å²) in [6.07, 6.45) is 1.39. The number of hydrogen-bond donors (Lipinski definition) is 1. The average molecular weight is 353 g/mol. The second-order valence-corrected chi connectivity index (χ2v) is 6.56. The van der Waals surface area contributed by atoms with Crippen molar-refractivity contribution < 1.29 is 19.1 Å². The van der Waals surface area contributed by atoms with E-state index < -0.39 is 11.6 Å². The number of anilines is 1. The summed E-state index contributed by atoms with van der Waals surface area (Å²) >= 11 is 0. The molecular formula is C19H19N3O4. The topological polar surface area (TPSA) is 80.8 Å². The van der Waals surface area contributed by atoms with Crippen LogP contribution in [0, 0.1) is 0 Å². The van der Waals surface area contributed by atoms with E-state index in [1.807, 2.05) is 25.1 Å². The van der Waals surface area contributed by atoms with Gasteiger partial charge in [0, 0.05) is 18.6 Å². The number of urea groups is 1. The highest BCUT2D eigenvalue weighted by molar-refractivity contribution is 6.22. The van der Waals surface area contributed by atoms with Crippen LogP contribution >= 0.6 is 0 Å². The first-order valence-corrected chi connectivity index (χ1v) is 8.57. The third kappa shape index (κ3) is 2.65. The molecule has 2 aliphatic heterocycles. The van der Waals surface area contributed by atoms with Crippen molar-refractivity contribution >= 4 is 17.8 Å². The molecule has 4 rings (SSSR count). The fraction of sp³-hybridized carbons (Fsp3) is 0.316. The van der Waals surface area contributed by atoms with Crippen LogP contribution < -0.4 is 19.7 Å². The van der Waals surface area contributed by atoms with Crippen molar-refractivity contribution in [2.45, 2.75) is 32.2 Å². The van der Waals surface area contributed by atoms with E-state index in [1.165, 1.54) is 0 Å². The zero-order valence-corrected chi connectivity index (χ0v) is 14.6. The van der Waals surface area contributed by atoms with Crippen molar-refractivity contribution in [3.8, 4) is 17.4 Å². The summed E-state index contributed by atoms with van der Waals surface area (Å²) in [5.41, 5.74) is 0.240. The second-order valence-electron chi connectivity index (χ2n) is 6.56. The lowest BCUT2D eigenvalue weighted by Crippen LogP contribution is -2.43. The van der Waals surface area contributed by atoms with E-state index in [2.05, 4.69) is 10.3 Å². The number of nitrogens with zero attached hydrogens (tertiary/aromatic N) is 2. The minimum absolute atomic E-state index is 0.236. The molecule has 0 unspecified atom stereocenters. The summed E-state index contributed by atoms with van der Waals surface area (Å²) in [4.78, 5) is 30.2. The van der Waals surface area contributed by atoms with E-state index >= 15 is 0 Å². The maximum atomic E-state index is 12.6. The molecule has 1 aromatic heterocycles. The number of aromatic nitrogens is 1. The first-order valence-electron chi connectivity index (χ1n) is 8.57. The molecule has 7 heteroatoms. The van der Waals surface area contributed by atoms with Gasteiger partial charge in [0.25, 0.3) is 5.91 Å². The molecule has 134 valence electrons. The molecule has 2 aromatic rings. The third-order valence-corrected chi connectivity index (χ3v) is 4.80. The lowest BCUT2D eigenvalue weighted by molar-refractivity contribution is -0.121. The Balaban J connectivity index is 1.59. The fourth-order valence-electron chi connectivity index (χ4n) is 3.05. The Morgan fingerprint density at radius 1 is 1.31 bits per heavy atom. The summed E-state index contributed by atoms with van der Waals surface area (Å²) in [5.74, 6) is 1.61. The number of pyridine rings is 1. The number of imide groups is 1. The highest BCUT2D eigenvalue weighted by atomic mass is 16.5. The monoisotopic (exact) mass is 353 g/mol. The molecule has 3 amide bonds. The summed E-state index contributed by atoms with van der Waals surface area (Å²) < 4.78 is 11.3. The van der Waals surface area contributed by atoms with Gasteiger partial charge in [0.1, 0.15) is 22.9 Å². The number of fused-ring (bicyclic) bond motifs is 1. The van der Waals surface area contributed by atoms with Crippen molar-refractivity contribution in [3.05, 3.63) is 42.0 Å². The maximum absolute atomic E-state index is 12.6. The van der Waals surface area contributed by atoms with E-state index in [1.54, 1.807) is 25.1 Å². The molecule has 1 N–H and O–H groups in total. The molecule has 0 radical (unpaired) electrons. The summed E-state index contributed by atoms with van der Waals surface area (Å²) in [6, 6.07) is 10.1. The predicted octanol–water partition coefficient (Wildman–Crippen LogP) is 3.03. The van der Waals surface area contributed by atoms with Gasteiger partial charge in [-0.3, -0.25) is 4.79 Å². The number of amides is 3. The maximum Gasteiger partial charge on any atom is 0.330 e.